The first-order valence-corrected chi connectivity index (χ1v) is 5.84. The lowest BCUT2D eigenvalue weighted by molar-refractivity contribution is 0.108. The molecule has 0 fully saturated rings. The molecule has 0 saturated carbocycles. The van der Waals surface area contributed by atoms with Crippen molar-refractivity contribution in [2.75, 3.05) is 5.32 Å². The van der Waals surface area contributed by atoms with Gasteiger partial charge in [-0.1, -0.05) is 17.3 Å². The standard InChI is InChI=1S/C13H14N4O2/c1-8(2)15-11-5-9(3-4-10(11)6-14)13-16-12(7-18)19-17-13/h3-8,14-15H,1-2H3. The molecule has 0 saturated heterocycles. The zero-order valence-corrected chi connectivity index (χ0v) is 10.7. The van der Waals surface area contributed by atoms with E-state index in [4.69, 9.17) is 9.93 Å². The number of nitrogens with one attached hydrogen (secondary N) is 2. The van der Waals surface area contributed by atoms with Gasteiger partial charge in [0.25, 0.3) is 5.89 Å². The summed E-state index contributed by atoms with van der Waals surface area (Å²) in [4.78, 5) is 14.5. The highest BCUT2D eigenvalue weighted by Crippen LogP contribution is 2.23. The van der Waals surface area contributed by atoms with Crippen molar-refractivity contribution < 1.29 is 9.32 Å². The minimum absolute atomic E-state index is 0.0514. The van der Waals surface area contributed by atoms with E-state index in [1.54, 1.807) is 12.1 Å². The Labute approximate surface area is 110 Å². The predicted octanol–water partition coefficient (Wildman–Crippen LogP) is 2.37. The van der Waals surface area contributed by atoms with Gasteiger partial charge in [-0.15, -0.1) is 0 Å². The van der Waals surface area contributed by atoms with Gasteiger partial charge in [0, 0.05) is 29.1 Å². The normalized spacial score (nSPS) is 10.5. The maximum Gasteiger partial charge on any atom is 0.291 e. The van der Waals surface area contributed by atoms with E-state index in [0.717, 1.165) is 16.8 Å². The van der Waals surface area contributed by atoms with E-state index in [1.165, 1.54) is 6.21 Å². The zero-order valence-electron chi connectivity index (χ0n) is 10.7. The fourth-order valence-electron chi connectivity index (χ4n) is 1.66. The van der Waals surface area contributed by atoms with Crippen molar-refractivity contribution in [3.63, 3.8) is 0 Å². The number of rotatable bonds is 5. The van der Waals surface area contributed by atoms with Crippen molar-refractivity contribution in [3.8, 4) is 11.4 Å². The van der Waals surface area contributed by atoms with Crippen molar-refractivity contribution >= 4 is 18.2 Å². The van der Waals surface area contributed by atoms with Crippen LogP contribution in [0.5, 0.6) is 0 Å². The Kier molecular flexibility index (Phi) is 3.70. The first-order valence-electron chi connectivity index (χ1n) is 5.84. The molecule has 2 rings (SSSR count). The van der Waals surface area contributed by atoms with Gasteiger partial charge in [-0.2, -0.15) is 4.98 Å². The largest absolute Gasteiger partial charge is 0.382 e. The molecular weight excluding hydrogens is 244 g/mol. The molecule has 0 aliphatic heterocycles. The molecule has 1 aromatic carbocycles. The van der Waals surface area contributed by atoms with E-state index in [2.05, 4.69) is 15.5 Å². The van der Waals surface area contributed by atoms with E-state index in [9.17, 15) is 4.79 Å². The van der Waals surface area contributed by atoms with Crippen LogP contribution < -0.4 is 5.32 Å². The maximum absolute atomic E-state index is 10.5. The Balaban J connectivity index is 2.41. The minimum atomic E-state index is -0.0514. The fraction of sp³-hybridized carbons (Fsp3) is 0.231. The van der Waals surface area contributed by atoms with Gasteiger partial charge in [0.1, 0.15) is 0 Å². The van der Waals surface area contributed by atoms with Gasteiger partial charge in [-0.25, -0.2) is 0 Å². The number of hydrogen-bond acceptors (Lipinski definition) is 6. The lowest BCUT2D eigenvalue weighted by Gasteiger charge is -2.13. The fourth-order valence-corrected chi connectivity index (χ4v) is 1.66. The average molecular weight is 258 g/mol. The third-order valence-electron chi connectivity index (χ3n) is 2.45. The molecule has 0 atom stereocenters. The molecule has 1 aromatic heterocycles. The molecule has 0 spiro atoms. The predicted molar refractivity (Wildman–Crippen MR) is 71.8 cm³/mol. The third kappa shape index (κ3) is 2.85. The number of aldehydes is 1. The molecule has 6 heteroatoms. The molecule has 98 valence electrons. The Morgan fingerprint density at radius 3 is 2.79 bits per heavy atom. The second-order valence-electron chi connectivity index (χ2n) is 4.32. The van der Waals surface area contributed by atoms with Gasteiger partial charge in [0.05, 0.1) is 0 Å². The number of nitrogens with zero attached hydrogens (tertiary/aromatic N) is 2. The van der Waals surface area contributed by atoms with Crippen LogP contribution in [0.25, 0.3) is 11.4 Å². The highest BCUT2D eigenvalue weighted by atomic mass is 16.5. The molecule has 6 nitrogen and oxygen atoms in total. The van der Waals surface area contributed by atoms with Crippen molar-refractivity contribution in [1.29, 1.82) is 5.41 Å². The van der Waals surface area contributed by atoms with E-state index in [1.807, 2.05) is 19.9 Å². The highest BCUT2D eigenvalue weighted by Gasteiger charge is 2.10. The summed E-state index contributed by atoms with van der Waals surface area (Å²) >= 11 is 0. The maximum atomic E-state index is 10.5. The van der Waals surface area contributed by atoms with Crippen LogP contribution in [0, 0.1) is 5.41 Å². The Morgan fingerprint density at radius 1 is 1.42 bits per heavy atom. The smallest absolute Gasteiger partial charge is 0.291 e. The Morgan fingerprint density at radius 2 is 2.21 bits per heavy atom. The molecule has 19 heavy (non-hydrogen) atoms. The van der Waals surface area contributed by atoms with Crippen LogP contribution in [0.2, 0.25) is 0 Å². The first kappa shape index (κ1) is 12.9. The van der Waals surface area contributed by atoms with Crippen LogP contribution in [0.1, 0.15) is 30.1 Å². The second-order valence-corrected chi connectivity index (χ2v) is 4.32. The van der Waals surface area contributed by atoms with Gasteiger partial charge in [-0.3, -0.25) is 4.79 Å². The molecule has 2 aromatic rings. The number of hydrogen-bond donors (Lipinski definition) is 2. The van der Waals surface area contributed by atoms with E-state index in [0.29, 0.717) is 12.1 Å². The van der Waals surface area contributed by atoms with Gasteiger partial charge in [-0.05, 0) is 19.9 Å². The molecule has 0 aliphatic rings. The summed E-state index contributed by atoms with van der Waals surface area (Å²) in [5.74, 6) is 0.301. The monoisotopic (exact) mass is 258 g/mol. The lowest BCUT2D eigenvalue weighted by atomic mass is 10.1. The molecule has 0 radical (unpaired) electrons. The topological polar surface area (TPSA) is 91.9 Å². The number of aromatic nitrogens is 2. The second kappa shape index (κ2) is 5.43. The summed E-state index contributed by atoms with van der Waals surface area (Å²) < 4.78 is 4.75. The van der Waals surface area contributed by atoms with Crippen molar-refractivity contribution in [2.45, 2.75) is 19.9 Å². The first-order chi connectivity index (χ1) is 9.13. The molecule has 0 bridgehead atoms. The van der Waals surface area contributed by atoms with Crippen LogP contribution in [0.3, 0.4) is 0 Å². The van der Waals surface area contributed by atoms with Crippen LogP contribution in [-0.4, -0.2) is 28.7 Å². The quantitative estimate of drug-likeness (QED) is 0.634. The average Bonchev–Trinajstić information content (AvgIpc) is 2.86. The summed E-state index contributed by atoms with van der Waals surface area (Å²) in [5, 5.41) is 14.4. The highest BCUT2D eigenvalue weighted by molar-refractivity contribution is 5.87. The number of carbonyl (C=O) groups excluding carboxylic acids is 1. The van der Waals surface area contributed by atoms with Crippen molar-refractivity contribution in [3.05, 3.63) is 29.7 Å². The molecular formula is C13H14N4O2. The van der Waals surface area contributed by atoms with Crippen LogP contribution in [0.4, 0.5) is 5.69 Å². The number of carbonyl (C=O) groups is 1. The minimum Gasteiger partial charge on any atom is -0.382 e. The molecule has 0 unspecified atom stereocenters. The Hall–Kier alpha value is -2.50. The number of benzene rings is 1. The van der Waals surface area contributed by atoms with Crippen molar-refractivity contribution in [1.82, 2.24) is 10.1 Å². The van der Waals surface area contributed by atoms with Gasteiger partial charge in [0.2, 0.25) is 12.1 Å². The van der Waals surface area contributed by atoms with Gasteiger partial charge < -0.3 is 15.2 Å². The SMILES string of the molecule is CC(C)Nc1cc(-c2noc(C=O)n2)ccc1C=N. The summed E-state index contributed by atoms with van der Waals surface area (Å²) in [6.45, 7) is 4.03. The van der Waals surface area contributed by atoms with E-state index in [-0.39, 0.29) is 11.9 Å². The molecule has 2 N–H and O–H groups in total. The summed E-state index contributed by atoms with van der Waals surface area (Å²) in [5.41, 5.74) is 2.32. The van der Waals surface area contributed by atoms with Gasteiger partial charge in [0.15, 0.2) is 0 Å². The Bertz CT molecular complexity index is 604. The van der Waals surface area contributed by atoms with Crippen molar-refractivity contribution in [2.24, 2.45) is 0 Å². The summed E-state index contributed by atoms with van der Waals surface area (Å²) in [6.07, 6.45) is 1.79. The van der Waals surface area contributed by atoms with Crippen LogP contribution in [0.15, 0.2) is 22.7 Å². The third-order valence-corrected chi connectivity index (χ3v) is 2.45. The molecule has 1 heterocycles. The van der Waals surface area contributed by atoms with Gasteiger partial charge >= 0.3 is 0 Å². The summed E-state index contributed by atoms with van der Waals surface area (Å²) in [6, 6.07) is 5.65. The molecule has 0 aliphatic carbocycles. The lowest BCUT2D eigenvalue weighted by Crippen LogP contribution is -2.11. The van der Waals surface area contributed by atoms with Crippen LogP contribution in [-0.2, 0) is 0 Å². The van der Waals surface area contributed by atoms with E-state index < -0.39 is 0 Å². The molecule has 0 amide bonds. The summed E-state index contributed by atoms with van der Waals surface area (Å²) in [7, 11) is 0. The van der Waals surface area contributed by atoms with Crippen LogP contribution >= 0.6 is 0 Å². The zero-order chi connectivity index (χ0) is 13.8. The van der Waals surface area contributed by atoms with E-state index >= 15 is 0 Å². The number of anilines is 1.